The van der Waals surface area contributed by atoms with Gasteiger partial charge in [-0.05, 0) is 25.8 Å². The van der Waals surface area contributed by atoms with Crippen molar-refractivity contribution >= 4 is 0 Å². The summed E-state index contributed by atoms with van der Waals surface area (Å²) in [5.41, 5.74) is 8.37. The van der Waals surface area contributed by atoms with E-state index in [0.29, 0.717) is 13.2 Å². The highest BCUT2D eigenvalue weighted by Crippen LogP contribution is 2.26. The van der Waals surface area contributed by atoms with Crippen molar-refractivity contribution in [1.29, 1.82) is 0 Å². The first kappa shape index (κ1) is 12.6. The van der Waals surface area contributed by atoms with Crippen molar-refractivity contribution < 1.29 is 4.74 Å². The molecule has 0 bridgehead atoms. The summed E-state index contributed by atoms with van der Waals surface area (Å²) in [5.74, 6) is 0. The molecule has 1 fully saturated rings. The zero-order valence-corrected chi connectivity index (χ0v) is 10.9. The molecule has 2 rings (SSSR count). The second-order valence-corrected chi connectivity index (χ2v) is 5.32. The van der Waals surface area contributed by atoms with Gasteiger partial charge in [-0.2, -0.15) is 5.10 Å². The third-order valence-electron chi connectivity index (χ3n) is 3.59. The number of hydrogen-bond donors (Lipinski definition) is 1. The molecule has 17 heavy (non-hydrogen) atoms. The Hall–Kier alpha value is -0.870. The van der Waals surface area contributed by atoms with Crippen molar-refractivity contribution in [2.75, 3.05) is 6.61 Å². The number of rotatable bonds is 4. The van der Waals surface area contributed by atoms with E-state index in [1.54, 1.807) is 0 Å². The van der Waals surface area contributed by atoms with Gasteiger partial charge in [0.1, 0.15) is 0 Å². The van der Waals surface area contributed by atoms with Gasteiger partial charge in [-0.15, -0.1) is 0 Å². The Kier molecular flexibility index (Phi) is 3.84. The lowest BCUT2D eigenvalue weighted by Crippen LogP contribution is -2.46. The normalized spacial score (nSPS) is 19.5. The van der Waals surface area contributed by atoms with Crippen molar-refractivity contribution in [1.82, 2.24) is 9.78 Å². The third-order valence-corrected chi connectivity index (χ3v) is 3.59. The molecule has 2 N–H and O–H groups in total. The Bertz CT molecular complexity index is 367. The summed E-state index contributed by atoms with van der Waals surface area (Å²) in [6.45, 7) is 3.27. The second-order valence-electron chi connectivity index (χ2n) is 5.32. The van der Waals surface area contributed by atoms with E-state index in [1.807, 2.05) is 18.7 Å². The minimum Gasteiger partial charge on any atom is -0.373 e. The van der Waals surface area contributed by atoms with E-state index < -0.39 is 0 Å². The summed E-state index contributed by atoms with van der Waals surface area (Å²) in [6.07, 6.45) is 5.99. The maximum absolute atomic E-state index is 6.32. The van der Waals surface area contributed by atoms with E-state index >= 15 is 0 Å². The van der Waals surface area contributed by atoms with E-state index in [9.17, 15) is 0 Å². The van der Waals surface area contributed by atoms with E-state index in [-0.39, 0.29) is 5.54 Å². The highest BCUT2D eigenvalue weighted by molar-refractivity contribution is 5.07. The molecule has 0 unspecified atom stereocenters. The largest absolute Gasteiger partial charge is 0.373 e. The second kappa shape index (κ2) is 5.19. The molecule has 1 heterocycles. The van der Waals surface area contributed by atoms with Gasteiger partial charge in [-0.3, -0.25) is 4.68 Å². The van der Waals surface area contributed by atoms with Crippen LogP contribution in [-0.2, 0) is 18.4 Å². The van der Waals surface area contributed by atoms with E-state index in [1.165, 1.54) is 19.3 Å². The lowest BCUT2D eigenvalue weighted by molar-refractivity contribution is 0.0543. The Balaban J connectivity index is 1.81. The van der Waals surface area contributed by atoms with Gasteiger partial charge in [0.2, 0.25) is 0 Å². The third kappa shape index (κ3) is 3.30. The van der Waals surface area contributed by atoms with Gasteiger partial charge < -0.3 is 10.5 Å². The summed E-state index contributed by atoms with van der Waals surface area (Å²) in [6, 6.07) is 2.06. The molecule has 1 aliphatic rings. The summed E-state index contributed by atoms with van der Waals surface area (Å²) in [5, 5.41) is 4.30. The topological polar surface area (TPSA) is 53.1 Å². The molecule has 1 aromatic heterocycles. The predicted molar refractivity (Wildman–Crippen MR) is 67.6 cm³/mol. The molecular weight excluding hydrogens is 214 g/mol. The Morgan fingerprint density at radius 2 is 2.12 bits per heavy atom. The number of nitrogens with two attached hydrogens (primary N) is 1. The zero-order valence-electron chi connectivity index (χ0n) is 10.9. The number of nitrogens with zero attached hydrogens (tertiary/aromatic N) is 2. The maximum Gasteiger partial charge on any atom is 0.0885 e. The van der Waals surface area contributed by atoms with Crippen molar-refractivity contribution in [2.24, 2.45) is 12.8 Å². The zero-order chi connectivity index (χ0) is 12.3. The van der Waals surface area contributed by atoms with Gasteiger partial charge in [0.05, 0.1) is 24.6 Å². The average molecular weight is 237 g/mol. The van der Waals surface area contributed by atoms with Crippen LogP contribution in [0.3, 0.4) is 0 Å². The van der Waals surface area contributed by atoms with Crippen LogP contribution in [0, 0.1) is 6.92 Å². The molecule has 0 aliphatic heterocycles. The van der Waals surface area contributed by atoms with Crippen molar-refractivity contribution in [3.8, 4) is 0 Å². The first-order valence-electron chi connectivity index (χ1n) is 6.45. The molecule has 0 spiro atoms. The van der Waals surface area contributed by atoms with Gasteiger partial charge in [-0.1, -0.05) is 19.3 Å². The fourth-order valence-electron chi connectivity index (χ4n) is 2.56. The Morgan fingerprint density at radius 3 is 2.71 bits per heavy atom. The van der Waals surface area contributed by atoms with Gasteiger partial charge in [0.25, 0.3) is 0 Å². The van der Waals surface area contributed by atoms with Crippen LogP contribution >= 0.6 is 0 Å². The van der Waals surface area contributed by atoms with Crippen LogP contribution in [0.1, 0.15) is 43.5 Å². The van der Waals surface area contributed by atoms with E-state index in [0.717, 1.165) is 24.2 Å². The van der Waals surface area contributed by atoms with Crippen LogP contribution in [0.2, 0.25) is 0 Å². The lowest BCUT2D eigenvalue weighted by Gasteiger charge is -2.32. The van der Waals surface area contributed by atoms with Crippen molar-refractivity contribution in [2.45, 2.75) is 51.2 Å². The number of aryl methyl sites for hydroxylation is 2. The predicted octanol–water partition coefficient (Wildman–Crippen LogP) is 1.91. The van der Waals surface area contributed by atoms with Gasteiger partial charge in [0.15, 0.2) is 0 Å². The molecule has 4 nitrogen and oxygen atoms in total. The van der Waals surface area contributed by atoms with Crippen LogP contribution in [-0.4, -0.2) is 21.9 Å². The molecular formula is C13H23N3O. The van der Waals surface area contributed by atoms with Gasteiger partial charge in [-0.25, -0.2) is 0 Å². The quantitative estimate of drug-likeness (QED) is 0.870. The van der Waals surface area contributed by atoms with Crippen LogP contribution in [0.4, 0.5) is 0 Å². The molecule has 0 radical (unpaired) electrons. The van der Waals surface area contributed by atoms with Crippen molar-refractivity contribution in [3.63, 3.8) is 0 Å². The van der Waals surface area contributed by atoms with E-state index in [4.69, 9.17) is 10.5 Å². The molecule has 0 aromatic carbocycles. The molecule has 0 saturated heterocycles. The molecule has 1 aliphatic carbocycles. The molecule has 96 valence electrons. The summed E-state index contributed by atoms with van der Waals surface area (Å²) in [7, 11) is 1.95. The first-order chi connectivity index (χ1) is 8.09. The molecule has 0 amide bonds. The molecule has 4 heteroatoms. The monoisotopic (exact) mass is 237 g/mol. The summed E-state index contributed by atoms with van der Waals surface area (Å²) < 4.78 is 7.64. The standard InChI is InChI=1S/C13H23N3O/c1-11-8-12(16(2)15-11)9-17-10-13(14)6-4-3-5-7-13/h8H,3-7,9-10,14H2,1-2H3. The highest BCUT2D eigenvalue weighted by atomic mass is 16.5. The first-order valence-corrected chi connectivity index (χ1v) is 6.45. The minimum atomic E-state index is -0.0914. The lowest BCUT2D eigenvalue weighted by atomic mass is 9.83. The molecule has 0 atom stereocenters. The summed E-state index contributed by atoms with van der Waals surface area (Å²) in [4.78, 5) is 0. The average Bonchev–Trinajstić information content (AvgIpc) is 2.58. The minimum absolute atomic E-state index is 0.0914. The number of ether oxygens (including phenoxy) is 1. The Morgan fingerprint density at radius 1 is 1.41 bits per heavy atom. The molecule has 1 aromatic rings. The smallest absolute Gasteiger partial charge is 0.0885 e. The van der Waals surface area contributed by atoms with Crippen LogP contribution in [0.15, 0.2) is 6.07 Å². The Labute approximate surface area is 103 Å². The fraction of sp³-hybridized carbons (Fsp3) is 0.769. The van der Waals surface area contributed by atoms with Crippen LogP contribution < -0.4 is 5.73 Å². The van der Waals surface area contributed by atoms with Gasteiger partial charge in [0, 0.05) is 12.6 Å². The SMILES string of the molecule is Cc1cc(COCC2(N)CCCCC2)n(C)n1. The molecule has 1 saturated carbocycles. The number of aromatic nitrogens is 2. The van der Waals surface area contributed by atoms with E-state index in [2.05, 4.69) is 11.2 Å². The fourth-order valence-corrected chi connectivity index (χ4v) is 2.56. The van der Waals surface area contributed by atoms with Crippen LogP contribution in [0.25, 0.3) is 0 Å². The number of hydrogen-bond acceptors (Lipinski definition) is 3. The van der Waals surface area contributed by atoms with Crippen molar-refractivity contribution in [3.05, 3.63) is 17.5 Å². The summed E-state index contributed by atoms with van der Waals surface area (Å²) >= 11 is 0. The van der Waals surface area contributed by atoms with Crippen LogP contribution in [0.5, 0.6) is 0 Å². The highest BCUT2D eigenvalue weighted by Gasteiger charge is 2.27. The van der Waals surface area contributed by atoms with Gasteiger partial charge >= 0.3 is 0 Å². The maximum atomic E-state index is 6.32.